The molecule has 1 atom stereocenters. The van der Waals surface area contributed by atoms with Crippen molar-refractivity contribution in [3.05, 3.63) is 77.9 Å². The first-order valence-electron chi connectivity index (χ1n) is 9.60. The van der Waals surface area contributed by atoms with Gasteiger partial charge in [-0.3, -0.25) is 9.88 Å². The van der Waals surface area contributed by atoms with E-state index >= 15 is 0 Å². The van der Waals surface area contributed by atoms with Crippen molar-refractivity contribution < 1.29 is 4.74 Å². The Kier molecular flexibility index (Phi) is 5.61. The predicted octanol–water partition coefficient (Wildman–Crippen LogP) is 3.76. The van der Waals surface area contributed by atoms with Crippen molar-refractivity contribution in [3.63, 3.8) is 0 Å². The van der Waals surface area contributed by atoms with Gasteiger partial charge in [-0.15, -0.1) is 0 Å². The summed E-state index contributed by atoms with van der Waals surface area (Å²) >= 11 is 0. The number of aryl methyl sites for hydroxylation is 1. The summed E-state index contributed by atoms with van der Waals surface area (Å²) in [7, 11) is 0. The normalized spacial score (nSPS) is 16.9. The Morgan fingerprint density at radius 2 is 2.04 bits per heavy atom. The van der Waals surface area contributed by atoms with Gasteiger partial charge in [0.05, 0.1) is 11.8 Å². The van der Waals surface area contributed by atoms with Gasteiger partial charge in [0.2, 0.25) is 0 Å². The Morgan fingerprint density at radius 1 is 1.15 bits per heavy atom. The van der Waals surface area contributed by atoms with Crippen LogP contribution in [0.25, 0.3) is 5.69 Å². The molecule has 1 saturated heterocycles. The van der Waals surface area contributed by atoms with Crippen LogP contribution in [0.1, 0.15) is 29.5 Å². The summed E-state index contributed by atoms with van der Waals surface area (Å²) in [6, 6.07) is 12.7. The fraction of sp³-hybridized carbons (Fsp3) is 0.364. The number of ether oxygens (including phenoxy) is 1. The first kappa shape index (κ1) is 17.9. The standard InChI is InChI=1S/C22H26N4O/c1-18-5-6-22(26-12-3-9-24-26)20(14-18)16-25(17-21-4-2-13-27-21)15-19-7-10-23-11-8-19/h3,5-12,14,21H,2,4,13,15-17H2,1H3/t21-/m1/s1. The van der Waals surface area contributed by atoms with Gasteiger partial charge < -0.3 is 4.74 Å². The zero-order valence-corrected chi connectivity index (χ0v) is 15.8. The Morgan fingerprint density at radius 3 is 2.78 bits per heavy atom. The number of benzene rings is 1. The van der Waals surface area contributed by atoms with Crippen molar-refractivity contribution in [1.82, 2.24) is 19.7 Å². The number of hydrogen-bond acceptors (Lipinski definition) is 4. The van der Waals surface area contributed by atoms with Gasteiger partial charge in [-0.25, -0.2) is 4.68 Å². The van der Waals surface area contributed by atoms with Crippen molar-refractivity contribution >= 4 is 0 Å². The quantitative estimate of drug-likeness (QED) is 0.642. The van der Waals surface area contributed by atoms with Crippen LogP contribution in [0.3, 0.4) is 0 Å². The summed E-state index contributed by atoms with van der Waals surface area (Å²) in [5.41, 5.74) is 4.96. The van der Waals surface area contributed by atoms with Crippen LogP contribution in [0.2, 0.25) is 0 Å². The van der Waals surface area contributed by atoms with Crippen LogP contribution < -0.4 is 0 Å². The summed E-state index contributed by atoms with van der Waals surface area (Å²) in [4.78, 5) is 6.62. The van der Waals surface area contributed by atoms with Crippen molar-refractivity contribution in [1.29, 1.82) is 0 Å². The lowest BCUT2D eigenvalue weighted by molar-refractivity contribution is 0.0679. The molecule has 2 aromatic heterocycles. The Balaban J connectivity index is 1.59. The highest BCUT2D eigenvalue weighted by Crippen LogP contribution is 2.21. The molecule has 0 radical (unpaired) electrons. The van der Waals surface area contributed by atoms with Crippen LogP contribution in [0.4, 0.5) is 0 Å². The molecule has 0 N–H and O–H groups in total. The van der Waals surface area contributed by atoms with E-state index in [0.717, 1.165) is 44.8 Å². The van der Waals surface area contributed by atoms with Crippen LogP contribution in [0.15, 0.2) is 61.2 Å². The largest absolute Gasteiger partial charge is 0.377 e. The minimum atomic E-state index is 0.324. The lowest BCUT2D eigenvalue weighted by Crippen LogP contribution is -2.32. The van der Waals surface area contributed by atoms with E-state index in [1.54, 1.807) is 0 Å². The highest BCUT2D eigenvalue weighted by Gasteiger charge is 2.20. The van der Waals surface area contributed by atoms with Crippen molar-refractivity contribution in [2.75, 3.05) is 13.2 Å². The first-order chi connectivity index (χ1) is 13.3. The maximum absolute atomic E-state index is 5.91. The molecule has 5 heteroatoms. The molecule has 0 bridgehead atoms. The Labute approximate surface area is 160 Å². The van der Waals surface area contributed by atoms with Gasteiger partial charge in [0.25, 0.3) is 0 Å². The lowest BCUT2D eigenvalue weighted by atomic mass is 10.1. The van der Waals surface area contributed by atoms with Crippen LogP contribution in [-0.2, 0) is 17.8 Å². The van der Waals surface area contributed by atoms with E-state index in [9.17, 15) is 0 Å². The van der Waals surface area contributed by atoms with E-state index in [1.807, 2.05) is 35.5 Å². The van der Waals surface area contributed by atoms with Gasteiger partial charge >= 0.3 is 0 Å². The minimum Gasteiger partial charge on any atom is -0.377 e. The van der Waals surface area contributed by atoms with Crippen LogP contribution in [0.5, 0.6) is 0 Å². The first-order valence-corrected chi connectivity index (χ1v) is 9.60. The Hall–Kier alpha value is -2.50. The van der Waals surface area contributed by atoms with E-state index in [2.05, 4.69) is 52.2 Å². The fourth-order valence-electron chi connectivity index (χ4n) is 3.72. The zero-order valence-electron chi connectivity index (χ0n) is 15.8. The summed E-state index contributed by atoms with van der Waals surface area (Å²) in [6.07, 6.45) is 10.2. The smallest absolute Gasteiger partial charge is 0.0703 e. The third-order valence-electron chi connectivity index (χ3n) is 5.02. The molecule has 5 nitrogen and oxygen atoms in total. The summed E-state index contributed by atoms with van der Waals surface area (Å²) in [5.74, 6) is 0. The second-order valence-electron chi connectivity index (χ2n) is 7.24. The van der Waals surface area contributed by atoms with Gasteiger partial charge in [0.1, 0.15) is 0 Å². The molecule has 4 rings (SSSR count). The van der Waals surface area contributed by atoms with E-state index < -0.39 is 0 Å². The van der Waals surface area contributed by atoms with Gasteiger partial charge in [-0.2, -0.15) is 5.10 Å². The summed E-state index contributed by atoms with van der Waals surface area (Å²) in [6.45, 7) is 5.71. The number of nitrogens with zero attached hydrogens (tertiary/aromatic N) is 4. The molecule has 0 spiro atoms. The number of pyridine rings is 1. The molecule has 0 amide bonds. The zero-order chi connectivity index (χ0) is 18.5. The predicted molar refractivity (Wildman–Crippen MR) is 106 cm³/mol. The molecule has 1 fully saturated rings. The number of aromatic nitrogens is 3. The molecule has 1 aliphatic heterocycles. The monoisotopic (exact) mass is 362 g/mol. The van der Waals surface area contributed by atoms with Crippen LogP contribution >= 0.6 is 0 Å². The average Bonchev–Trinajstić information content (AvgIpc) is 3.37. The molecular weight excluding hydrogens is 336 g/mol. The van der Waals surface area contributed by atoms with E-state index in [0.29, 0.717) is 6.10 Å². The van der Waals surface area contributed by atoms with Crippen LogP contribution in [0, 0.1) is 6.92 Å². The van der Waals surface area contributed by atoms with E-state index in [1.165, 1.54) is 16.7 Å². The number of hydrogen-bond donors (Lipinski definition) is 0. The second-order valence-corrected chi connectivity index (χ2v) is 7.24. The molecule has 27 heavy (non-hydrogen) atoms. The topological polar surface area (TPSA) is 43.2 Å². The maximum atomic E-state index is 5.91. The molecule has 1 aliphatic rings. The third-order valence-corrected chi connectivity index (χ3v) is 5.02. The lowest BCUT2D eigenvalue weighted by Gasteiger charge is -2.26. The molecular formula is C22H26N4O. The molecule has 1 aromatic carbocycles. The summed E-state index contributed by atoms with van der Waals surface area (Å²) < 4.78 is 7.86. The number of rotatable bonds is 7. The minimum absolute atomic E-state index is 0.324. The second kappa shape index (κ2) is 8.46. The molecule has 3 aromatic rings. The highest BCUT2D eigenvalue weighted by molar-refractivity contribution is 5.42. The van der Waals surface area contributed by atoms with Crippen molar-refractivity contribution in [2.45, 2.75) is 39.0 Å². The van der Waals surface area contributed by atoms with E-state index in [4.69, 9.17) is 4.74 Å². The highest BCUT2D eigenvalue weighted by atomic mass is 16.5. The van der Waals surface area contributed by atoms with Crippen molar-refractivity contribution in [2.24, 2.45) is 0 Å². The SMILES string of the molecule is Cc1ccc(-n2cccn2)c(CN(Cc2ccncc2)C[C@H]2CCCO2)c1. The van der Waals surface area contributed by atoms with Gasteiger partial charge in [-0.05, 0) is 55.2 Å². The third kappa shape index (κ3) is 4.62. The van der Waals surface area contributed by atoms with Gasteiger partial charge in [0.15, 0.2) is 0 Å². The summed E-state index contributed by atoms with van der Waals surface area (Å²) in [5, 5.41) is 4.44. The van der Waals surface area contributed by atoms with Gasteiger partial charge in [-0.1, -0.05) is 17.7 Å². The van der Waals surface area contributed by atoms with Gasteiger partial charge in [0, 0.05) is 51.0 Å². The average molecular weight is 362 g/mol. The Bertz CT molecular complexity index is 842. The molecule has 140 valence electrons. The molecule has 0 unspecified atom stereocenters. The maximum Gasteiger partial charge on any atom is 0.0703 e. The fourth-order valence-corrected chi connectivity index (χ4v) is 3.72. The molecule has 0 saturated carbocycles. The molecule has 3 heterocycles. The molecule has 0 aliphatic carbocycles. The van der Waals surface area contributed by atoms with E-state index in [-0.39, 0.29) is 0 Å². The van der Waals surface area contributed by atoms with Crippen molar-refractivity contribution in [3.8, 4) is 5.69 Å². The van der Waals surface area contributed by atoms with Crippen LogP contribution in [-0.4, -0.2) is 38.9 Å².